The Balaban J connectivity index is 3.18. The van der Waals surface area contributed by atoms with Crippen LogP contribution in [0.3, 0.4) is 0 Å². The monoisotopic (exact) mass is 240 g/mol. The molecule has 1 heteroatoms. The van der Waals surface area contributed by atoms with Gasteiger partial charge in [0.1, 0.15) is 0 Å². The summed E-state index contributed by atoms with van der Waals surface area (Å²) in [6.07, 6.45) is 17.7. The zero-order valence-corrected chi connectivity index (χ0v) is 12.0. The Kier molecular flexibility index (Phi) is 13.5. The highest BCUT2D eigenvalue weighted by Gasteiger charge is 2.00. The fourth-order valence-corrected chi connectivity index (χ4v) is 1.99. The number of hydrogen-bond acceptors (Lipinski definition) is 1. The molecule has 0 aliphatic rings. The molecule has 0 fully saturated rings. The van der Waals surface area contributed by atoms with E-state index in [2.05, 4.69) is 26.0 Å². The SMILES string of the molecule is CCC/C=C/C[C@@H](O)CCCCCCCCC. The van der Waals surface area contributed by atoms with Crippen LogP contribution < -0.4 is 0 Å². The number of allylic oxidation sites excluding steroid dienone is 1. The van der Waals surface area contributed by atoms with Gasteiger partial charge >= 0.3 is 0 Å². The highest BCUT2D eigenvalue weighted by molar-refractivity contribution is 4.83. The molecule has 0 aromatic heterocycles. The first-order valence-corrected chi connectivity index (χ1v) is 7.64. The van der Waals surface area contributed by atoms with Crippen LogP contribution in [-0.4, -0.2) is 11.2 Å². The van der Waals surface area contributed by atoms with Gasteiger partial charge in [0.25, 0.3) is 0 Å². The minimum atomic E-state index is -0.112. The lowest BCUT2D eigenvalue weighted by Crippen LogP contribution is -2.04. The molecule has 1 atom stereocenters. The minimum Gasteiger partial charge on any atom is -0.393 e. The molecule has 1 nitrogen and oxygen atoms in total. The molecule has 0 saturated carbocycles. The van der Waals surface area contributed by atoms with Crippen molar-refractivity contribution < 1.29 is 5.11 Å². The molecule has 0 amide bonds. The third-order valence-electron chi connectivity index (χ3n) is 3.17. The van der Waals surface area contributed by atoms with E-state index in [1.165, 1.54) is 51.4 Å². The Morgan fingerprint density at radius 3 is 2.12 bits per heavy atom. The van der Waals surface area contributed by atoms with E-state index in [-0.39, 0.29) is 6.10 Å². The highest BCUT2D eigenvalue weighted by atomic mass is 16.3. The van der Waals surface area contributed by atoms with E-state index < -0.39 is 0 Å². The summed E-state index contributed by atoms with van der Waals surface area (Å²) < 4.78 is 0. The zero-order chi connectivity index (χ0) is 12.8. The largest absolute Gasteiger partial charge is 0.393 e. The Morgan fingerprint density at radius 2 is 1.47 bits per heavy atom. The molecule has 0 spiro atoms. The van der Waals surface area contributed by atoms with Crippen LogP contribution in [-0.2, 0) is 0 Å². The minimum absolute atomic E-state index is 0.112. The predicted octanol–water partition coefficient (Wildman–Crippen LogP) is 5.23. The zero-order valence-electron chi connectivity index (χ0n) is 12.0. The smallest absolute Gasteiger partial charge is 0.0574 e. The van der Waals surface area contributed by atoms with Gasteiger partial charge in [-0.2, -0.15) is 0 Å². The first-order chi connectivity index (χ1) is 8.31. The molecule has 0 aromatic carbocycles. The summed E-state index contributed by atoms with van der Waals surface area (Å²) in [4.78, 5) is 0. The lowest BCUT2D eigenvalue weighted by molar-refractivity contribution is 0.163. The number of rotatable bonds is 12. The standard InChI is InChI=1S/C16H32O/c1-3-5-7-9-10-11-13-15-16(17)14-12-8-6-4-2/h8,12,16-17H,3-7,9-11,13-15H2,1-2H3/b12-8+/t16-/m1/s1. The van der Waals surface area contributed by atoms with Gasteiger partial charge in [0.15, 0.2) is 0 Å². The van der Waals surface area contributed by atoms with Crippen molar-refractivity contribution in [3.63, 3.8) is 0 Å². The number of hydrogen-bond donors (Lipinski definition) is 1. The van der Waals surface area contributed by atoms with Crippen molar-refractivity contribution in [2.75, 3.05) is 0 Å². The van der Waals surface area contributed by atoms with E-state index in [0.717, 1.165) is 19.3 Å². The van der Waals surface area contributed by atoms with Crippen LogP contribution in [0.2, 0.25) is 0 Å². The molecular weight excluding hydrogens is 208 g/mol. The van der Waals surface area contributed by atoms with Crippen molar-refractivity contribution in [3.05, 3.63) is 12.2 Å². The average Bonchev–Trinajstić information content (AvgIpc) is 2.33. The van der Waals surface area contributed by atoms with Crippen LogP contribution in [0.15, 0.2) is 12.2 Å². The summed E-state index contributed by atoms with van der Waals surface area (Å²) in [7, 11) is 0. The van der Waals surface area contributed by atoms with Crippen molar-refractivity contribution in [1.29, 1.82) is 0 Å². The summed E-state index contributed by atoms with van der Waals surface area (Å²) in [6, 6.07) is 0. The van der Waals surface area contributed by atoms with E-state index in [1.54, 1.807) is 0 Å². The second-order valence-corrected chi connectivity index (χ2v) is 5.06. The Morgan fingerprint density at radius 1 is 0.824 bits per heavy atom. The Bertz CT molecular complexity index is 163. The van der Waals surface area contributed by atoms with Gasteiger partial charge in [-0.05, 0) is 19.3 Å². The normalized spacial score (nSPS) is 13.4. The molecule has 1 N–H and O–H groups in total. The van der Waals surface area contributed by atoms with Crippen LogP contribution >= 0.6 is 0 Å². The number of unbranched alkanes of at least 4 members (excludes halogenated alkanes) is 7. The summed E-state index contributed by atoms with van der Waals surface area (Å²) in [5.74, 6) is 0. The molecular formula is C16H32O. The molecule has 0 saturated heterocycles. The topological polar surface area (TPSA) is 20.2 Å². The molecule has 0 radical (unpaired) electrons. The Hall–Kier alpha value is -0.300. The van der Waals surface area contributed by atoms with Crippen molar-refractivity contribution in [2.45, 2.75) is 90.6 Å². The second-order valence-electron chi connectivity index (χ2n) is 5.06. The lowest BCUT2D eigenvalue weighted by Gasteiger charge is -2.07. The van der Waals surface area contributed by atoms with Crippen molar-refractivity contribution in [3.8, 4) is 0 Å². The fourth-order valence-electron chi connectivity index (χ4n) is 1.99. The van der Waals surface area contributed by atoms with Gasteiger partial charge in [-0.3, -0.25) is 0 Å². The third kappa shape index (κ3) is 13.6. The molecule has 0 aromatic rings. The van der Waals surface area contributed by atoms with Gasteiger partial charge in [0, 0.05) is 0 Å². The molecule has 102 valence electrons. The molecule has 17 heavy (non-hydrogen) atoms. The van der Waals surface area contributed by atoms with E-state index in [1.807, 2.05) is 0 Å². The average molecular weight is 240 g/mol. The van der Waals surface area contributed by atoms with Crippen molar-refractivity contribution in [2.24, 2.45) is 0 Å². The Labute approximate surface area is 108 Å². The first kappa shape index (κ1) is 16.7. The van der Waals surface area contributed by atoms with Crippen LogP contribution in [0, 0.1) is 0 Å². The molecule has 0 bridgehead atoms. The maximum atomic E-state index is 9.74. The summed E-state index contributed by atoms with van der Waals surface area (Å²) >= 11 is 0. The molecule has 0 heterocycles. The summed E-state index contributed by atoms with van der Waals surface area (Å²) in [6.45, 7) is 4.43. The van der Waals surface area contributed by atoms with Gasteiger partial charge in [-0.25, -0.2) is 0 Å². The summed E-state index contributed by atoms with van der Waals surface area (Å²) in [5.41, 5.74) is 0. The quantitative estimate of drug-likeness (QED) is 0.365. The highest BCUT2D eigenvalue weighted by Crippen LogP contribution is 2.11. The van der Waals surface area contributed by atoms with Gasteiger partial charge in [-0.15, -0.1) is 0 Å². The lowest BCUT2D eigenvalue weighted by atomic mass is 10.0. The summed E-state index contributed by atoms with van der Waals surface area (Å²) in [5, 5.41) is 9.74. The van der Waals surface area contributed by atoms with Gasteiger partial charge in [0.05, 0.1) is 6.10 Å². The van der Waals surface area contributed by atoms with Crippen LogP contribution in [0.25, 0.3) is 0 Å². The van der Waals surface area contributed by atoms with Gasteiger partial charge in [0.2, 0.25) is 0 Å². The maximum absolute atomic E-state index is 9.74. The van der Waals surface area contributed by atoms with Crippen LogP contribution in [0.1, 0.15) is 84.5 Å². The van der Waals surface area contributed by atoms with Crippen molar-refractivity contribution in [1.82, 2.24) is 0 Å². The molecule has 0 aliphatic heterocycles. The van der Waals surface area contributed by atoms with Gasteiger partial charge in [-0.1, -0.05) is 77.4 Å². The van der Waals surface area contributed by atoms with E-state index >= 15 is 0 Å². The molecule has 0 unspecified atom stereocenters. The van der Waals surface area contributed by atoms with E-state index in [0.29, 0.717) is 0 Å². The van der Waals surface area contributed by atoms with Crippen molar-refractivity contribution >= 4 is 0 Å². The number of aliphatic hydroxyl groups is 1. The maximum Gasteiger partial charge on any atom is 0.0574 e. The third-order valence-corrected chi connectivity index (χ3v) is 3.17. The van der Waals surface area contributed by atoms with Crippen LogP contribution in [0.4, 0.5) is 0 Å². The predicted molar refractivity (Wildman–Crippen MR) is 77.3 cm³/mol. The first-order valence-electron chi connectivity index (χ1n) is 7.64. The second kappa shape index (κ2) is 13.8. The van der Waals surface area contributed by atoms with E-state index in [9.17, 15) is 5.11 Å². The van der Waals surface area contributed by atoms with Gasteiger partial charge < -0.3 is 5.11 Å². The fraction of sp³-hybridized carbons (Fsp3) is 0.875. The molecule has 0 aliphatic carbocycles. The van der Waals surface area contributed by atoms with E-state index in [4.69, 9.17) is 0 Å². The molecule has 0 rings (SSSR count). The number of aliphatic hydroxyl groups excluding tert-OH is 1. The van der Waals surface area contributed by atoms with Crippen LogP contribution in [0.5, 0.6) is 0 Å².